The highest BCUT2D eigenvalue weighted by atomic mass is 35.5. The summed E-state index contributed by atoms with van der Waals surface area (Å²) >= 11 is 5.93. The highest BCUT2D eigenvalue weighted by Gasteiger charge is 2.06. The molecule has 3 aromatic rings. The summed E-state index contributed by atoms with van der Waals surface area (Å²) in [4.78, 5) is 11.7. The van der Waals surface area contributed by atoms with E-state index in [1.807, 2.05) is 61.5 Å². The number of halogens is 1. The molecule has 6 heteroatoms. The molecule has 0 saturated carbocycles. The summed E-state index contributed by atoms with van der Waals surface area (Å²) in [7, 11) is 0. The Balaban J connectivity index is 1.53. The minimum atomic E-state index is 0.620. The number of anilines is 1. The molecule has 0 bridgehead atoms. The number of nitrogens with zero attached hydrogens (tertiary/aromatic N) is 3. The molecule has 0 fully saturated rings. The van der Waals surface area contributed by atoms with Gasteiger partial charge in [-0.15, -0.1) is 0 Å². The molecular formula is C26H33ClN4O. The summed E-state index contributed by atoms with van der Waals surface area (Å²) in [5, 5.41) is 4.13. The van der Waals surface area contributed by atoms with E-state index in [9.17, 15) is 0 Å². The van der Waals surface area contributed by atoms with Crippen molar-refractivity contribution in [2.75, 3.05) is 38.1 Å². The van der Waals surface area contributed by atoms with Crippen LogP contribution in [0.3, 0.4) is 0 Å². The Bertz CT molecular complexity index is 957. The first-order chi connectivity index (χ1) is 15.6. The fourth-order valence-electron chi connectivity index (χ4n) is 3.50. The molecule has 32 heavy (non-hydrogen) atoms. The normalized spacial score (nSPS) is 11.0. The van der Waals surface area contributed by atoms with Gasteiger partial charge in [-0.2, -0.15) is 0 Å². The quantitative estimate of drug-likeness (QED) is 0.348. The molecule has 0 unspecified atom stereocenters. The first kappa shape index (κ1) is 24.0. The largest absolute Gasteiger partial charge is 0.493 e. The van der Waals surface area contributed by atoms with Crippen molar-refractivity contribution in [3.05, 3.63) is 70.9 Å². The Hall–Kier alpha value is -2.63. The summed E-state index contributed by atoms with van der Waals surface area (Å²) in [6, 6.07) is 18.0. The van der Waals surface area contributed by atoms with E-state index in [0.29, 0.717) is 12.6 Å². The third-order valence-electron chi connectivity index (χ3n) is 5.41. The Morgan fingerprint density at radius 3 is 2.38 bits per heavy atom. The third-order valence-corrected chi connectivity index (χ3v) is 5.66. The number of hydrogen-bond acceptors (Lipinski definition) is 5. The minimum Gasteiger partial charge on any atom is -0.493 e. The van der Waals surface area contributed by atoms with Gasteiger partial charge in [-0.05, 0) is 81.0 Å². The fourth-order valence-corrected chi connectivity index (χ4v) is 3.62. The lowest BCUT2D eigenvalue weighted by Gasteiger charge is -2.17. The molecule has 3 rings (SSSR count). The van der Waals surface area contributed by atoms with Crippen molar-refractivity contribution < 1.29 is 4.74 Å². The summed E-state index contributed by atoms with van der Waals surface area (Å²) in [5.74, 6) is 1.53. The van der Waals surface area contributed by atoms with Gasteiger partial charge in [0.1, 0.15) is 5.75 Å². The number of ether oxygens (including phenoxy) is 1. The maximum Gasteiger partial charge on any atom is 0.223 e. The molecule has 1 heterocycles. The third kappa shape index (κ3) is 7.50. The molecule has 0 aliphatic rings. The van der Waals surface area contributed by atoms with E-state index in [-0.39, 0.29) is 0 Å². The number of hydrogen-bond donors (Lipinski definition) is 1. The predicted octanol–water partition coefficient (Wildman–Crippen LogP) is 5.87. The monoisotopic (exact) mass is 452 g/mol. The van der Waals surface area contributed by atoms with Crippen molar-refractivity contribution in [3.8, 4) is 17.0 Å². The van der Waals surface area contributed by atoms with Crippen LogP contribution in [-0.4, -0.2) is 47.7 Å². The van der Waals surface area contributed by atoms with Crippen LogP contribution in [-0.2, 0) is 6.42 Å². The molecule has 0 saturated heterocycles. The second-order valence-corrected chi connectivity index (χ2v) is 8.21. The molecule has 0 aliphatic heterocycles. The van der Waals surface area contributed by atoms with Crippen LogP contribution < -0.4 is 10.1 Å². The molecule has 0 atom stereocenters. The van der Waals surface area contributed by atoms with Crippen LogP contribution in [0, 0.1) is 6.92 Å². The molecule has 0 amide bonds. The zero-order chi connectivity index (χ0) is 22.8. The number of aromatic nitrogens is 2. The number of benzene rings is 2. The SMILES string of the molecule is CCN(CC)CCCNc1nc(C)cc(-c2ccc(OCCc3ccc(Cl)cc3)cc2)n1. The van der Waals surface area contributed by atoms with Crippen LogP contribution >= 0.6 is 11.6 Å². The number of aryl methyl sites for hydroxylation is 1. The van der Waals surface area contributed by atoms with E-state index in [1.165, 1.54) is 5.56 Å². The van der Waals surface area contributed by atoms with Crippen LogP contribution in [0.4, 0.5) is 5.95 Å². The standard InChI is InChI=1S/C26H33ClN4O/c1-4-31(5-2)17-6-16-28-26-29-20(3)19-25(30-26)22-9-13-24(14-10-22)32-18-15-21-7-11-23(27)12-8-21/h7-14,19H,4-6,15-18H2,1-3H3,(H,28,29,30). The highest BCUT2D eigenvalue weighted by molar-refractivity contribution is 6.30. The summed E-state index contributed by atoms with van der Waals surface area (Å²) in [5.41, 5.74) is 4.12. The van der Waals surface area contributed by atoms with Crippen molar-refractivity contribution in [2.45, 2.75) is 33.6 Å². The van der Waals surface area contributed by atoms with Crippen LogP contribution in [0.5, 0.6) is 5.75 Å². The lowest BCUT2D eigenvalue weighted by Crippen LogP contribution is -2.25. The van der Waals surface area contributed by atoms with Crippen molar-refractivity contribution >= 4 is 17.5 Å². The Morgan fingerprint density at radius 2 is 1.69 bits per heavy atom. The van der Waals surface area contributed by atoms with Gasteiger partial charge in [0.25, 0.3) is 0 Å². The first-order valence-electron chi connectivity index (χ1n) is 11.4. The molecule has 1 aromatic heterocycles. The number of nitrogens with one attached hydrogen (secondary N) is 1. The second kappa shape index (κ2) is 12.4. The van der Waals surface area contributed by atoms with E-state index in [2.05, 4.69) is 29.0 Å². The molecule has 170 valence electrons. The van der Waals surface area contributed by atoms with Gasteiger partial charge in [-0.25, -0.2) is 9.97 Å². The lowest BCUT2D eigenvalue weighted by molar-refractivity contribution is 0.303. The van der Waals surface area contributed by atoms with Crippen molar-refractivity contribution in [1.82, 2.24) is 14.9 Å². The molecule has 0 radical (unpaired) electrons. The molecule has 5 nitrogen and oxygen atoms in total. The highest BCUT2D eigenvalue weighted by Crippen LogP contribution is 2.22. The Morgan fingerprint density at radius 1 is 0.969 bits per heavy atom. The zero-order valence-corrected chi connectivity index (χ0v) is 20.0. The van der Waals surface area contributed by atoms with E-state index in [4.69, 9.17) is 21.3 Å². The van der Waals surface area contributed by atoms with E-state index in [1.54, 1.807) is 0 Å². The van der Waals surface area contributed by atoms with Gasteiger partial charge in [0.2, 0.25) is 5.95 Å². The molecule has 0 spiro atoms. The zero-order valence-electron chi connectivity index (χ0n) is 19.3. The van der Waals surface area contributed by atoms with Gasteiger partial charge in [-0.3, -0.25) is 0 Å². The van der Waals surface area contributed by atoms with Crippen molar-refractivity contribution in [2.24, 2.45) is 0 Å². The smallest absolute Gasteiger partial charge is 0.223 e. The molecule has 2 aromatic carbocycles. The molecular weight excluding hydrogens is 420 g/mol. The van der Waals surface area contributed by atoms with E-state index >= 15 is 0 Å². The number of rotatable bonds is 12. The minimum absolute atomic E-state index is 0.620. The summed E-state index contributed by atoms with van der Waals surface area (Å²) < 4.78 is 5.90. The lowest BCUT2D eigenvalue weighted by atomic mass is 10.1. The maximum atomic E-state index is 5.93. The fraction of sp³-hybridized carbons (Fsp3) is 0.385. The van der Waals surface area contributed by atoms with Gasteiger partial charge < -0.3 is 15.0 Å². The predicted molar refractivity (Wildman–Crippen MR) is 134 cm³/mol. The van der Waals surface area contributed by atoms with Gasteiger partial charge >= 0.3 is 0 Å². The Kier molecular flexibility index (Phi) is 9.32. The van der Waals surface area contributed by atoms with Crippen molar-refractivity contribution in [1.29, 1.82) is 0 Å². The second-order valence-electron chi connectivity index (χ2n) is 7.77. The van der Waals surface area contributed by atoms with E-state index < -0.39 is 0 Å². The topological polar surface area (TPSA) is 50.3 Å². The molecule has 1 N–H and O–H groups in total. The summed E-state index contributed by atoms with van der Waals surface area (Å²) in [6.07, 6.45) is 1.91. The van der Waals surface area contributed by atoms with Crippen LogP contribution in [0.25, 0.3) is 11.3 Å². The average Bonchev–Trinajstić information content (AvgIpc) is 2.80. The summed E-state index contributed by atoms with van der Waals surface area (Å²) in [6.45, 7) is 11.1. The van der Waals surface area contributed by atoms with Crippen molar-refractivity contribution in [3.63, 3.8) is 0 Å². The van der Waals surface area contributed by atoms with Crippen LogP contribution in [0.15, 0.2) is 54.6 Å². The maximum absolute atomic E-state index is 5.93. The van der Waals surface area contributed by atoms with Crippen LogP contribution in [0.1, 0.15) is 31.5 Å². The van der Waals surface area contributed by atoms with E-state index in [0.717, 1.165) is 66.7 Å². The average molecular weight is 453 g/mol. The van der Waals surface area contributed by atoms with Gasteiger partial charge in [0.05, 0.1) is 12.3 Å². The van der Waals surface area contributed by atoms with Gasteiger partial charge in [0.15, 0.2) is 0 Å². The first-order valence-corrected chi connectivity index (χ1v) is 11.7. The Labute approximate surface area is 196 Å². The van der Waals surface area contributed by atoms with Gasteiger partial charge in [0, 0.05) is 29.2 Å². The van der Waals surface area contributed by atoms with Gasteiger partial charge in [-0.1, -0.05) is 37.6 Å². The molecule has 0 aliphatic carbocycles. The van der Waals surface area contributed by atoms with Crippen LogP contribution in [0.2, 0.25) is 5.02 Å².